The van der Waals surface area contributed by atoms with Crippen molar-refractivity contribution < 1.29 is 28.7 Å². The summed E-state index contributed by atoms with van der Waals surface area (Å²) in [6, 6.07) is 14.8. The van der Waals surface area contributed by atoms with Gasteiger partial charge in [0.15, 0.2) is 6.61 Å². The van der Waals surface area contributed by atoms with Gasteiger partial charge in [-0.2, -0.15) is 0 Å². The number of esters is 1. The lowest BCUT2D eigenvalue weighted by atomic mass is 9.85. The van der Waals surface area contributed by atoms with Crippen LogP contribution >= 0.6 is 0 Å². The molecule has 0 bridgehead atoms. The quantitative estimate of drug-likeness (QED) is 0.339. The van der Waals surface area contributed by atoms with Crippen LogP contribution in [-0.4, -0.2) is 47.8 Å². The number of hydrogen-bond acceptors (Lipinski definition) is 6. The Morgan fingerprint density at radius 1 is 0.971 bits per heavy atom. The van der Waals surface area contributed by atoms with Gasteiger partial charge in [0.05, 0.1) is 18.4 Å². The summed E-state index contributed by atoms with van der Waals surface area (Å²) in [4.78, 5) is 52.8. The number of anilines is 1. The molecule has 1 fully saturated rings. The lowest BCUT2D eigenvalue weighted by Crippen LogP contribution is -2.48. The van der Waals surface area contributed by atoms with Gasteiger partial charge in [-0.1, -0.05) is 42.5 Å². The number of rotatable bonds is 9. The van der Waals surface area contributed by atoms with Crippen molar-refractivity contribution in [3.63, 3.8) is 0 Å². The number of likely N-dealkylation sites (tertiary alicyclic amines) is 1. The van der Waals surface area contributed by atoms with Crippen LogP contribution in [0.25, 0.3) is 0 Å². The molecule has 1 heterocycles. The maximum absolute atomic E-state index is 13.1. The van der Waals surface area contributed by atoms with Gasteiger partial charge in [-0.15, -0.1) is 0 Å². The van der Waals surface area contributed by atoms with Crippen LogP contribution in [0.3, 0.4) is 0 Å². The second kappa shape index (κ2) is 11.0. The monoisotopic (exact) mass is 476 g/mol. The van der Waals surface area contributed by atoms with E-state index in [0.29, 0.717) is 30.9 Å². The van der Waals surface area contributed by atoms with Crippen molar-refractivity contribution in [2.45, 2.75) is 32.2 Å². The molecule has 1 aliphatic heterocycles. The summed E-state index contributed by atoms with van der Waals surface area (Å²) in [5.74, 6) is -2.27. The van der Waals surface area contributed by atoms with Crippen molar-refractivity contribution in [2.75, 3.05) is 18.5 Å². The van der Waals surface area contributed by atoms with Gasteiger partial charge in [-0.05, 0) is 49.6 Å². The molecular formula is C27H28N2O6. The molecule has 8 nitrogen and oxygen atoms in total. The zero-order chi connectivity index (χ0) is 24.8. The lowest BCUT2D eigenvalue weighted by Gasteiger charge is -2.25. The summed E-state index contributed by atoms with van der Waals surface area (Å²) < 4.78 is 10.7. The number of fused-ring (bicyclic) bond motifs is 1. The Morgan fingerprint density at radius 2 is 1.60 bits per heavy atom. The number of nitrogens with zero attached hydrogens (tertiary/aromatic N) is 1. The molecule has 3 amide bonds. The lowest BCUT2D eigenvalue weighted by molar-refractivity contribution is -0.159. The summed E-state index contributed by atoms with van der Waals surface area (Å²) in [5.41, 5.74) is 1.30. The van der Waals surface area contributed by atoms with Crippen LogP contribution in [-0.2, 0) is 30.3 Å². The van der Waals surface area contributed by atoms with E-state index in [1.54, 1.807) is 24.3 Å². The summed E-state index contributed by atoms with van der Waals surface area (Å²) in [6.45, 7) is 1.87. The highest BCUT2D eigenvalue weighted by atomic mass is 16.5. The number of amides is 3. The molecule has 35 heavy (non-hydrogen) atoms. The van der Waals surface area contributed by atoms with Gasteiger partial charge < -0.3 is 14.8 Å². The van der Waals surface area contributed by atoms with Crippen molar-refractivity contribution in [3.8, 4) is 5.75 Å². The molecule has 0 unspecified atom stereocenters. The van der Waals surface area contributed by atoms with Crippen molar-refractivity contribution >= 4 is 29.4 Å². The van der Waals surface area contributed by atoms with Gasteiger partial charge in [0.1, 0.15) is 11.8 Å². The number of allylic oxidation sites excluding steroid dienone is 2. The Labute approximate surface area is 203 Å². The van der Waals surface area contributed by atoms with Crippen molar-refractivity contribution in [2.24, 2.45) is 11.8 Å². The standard InChI is InChI=1S/C27H28N2O6/c1-2-34-20-14-12-19(13-15-20)28-24(30)17-35-27(33)23(16-18-8-4-3-5-9-18)29-25(31)21-10-6-7-11-22(21)26(29)32/h3-9,12-15,21-23H,2,10-11,16-17H2,1H3,(H,28,30)/t21-,22+,23-/m0/s1. The van der Waals surface area contributed by atoms with Crippen molar-refractivity contribution in [1.82, 2.24) is 4.90 Å². The van der Waals surface area contributed by atoms with Crippen LogP contribution in [0.15, 0.2) is 66.7 Å². The van der Waals surface area contributed by atoms with Crippen molar-refractivity contribution in [1.29, 1.82) is 0 Å². The molecule has 1 N–H and O–H groups in total. The van der Waals surface area contributed by atoms with Crippen LogP contribution in [0.2, 0.25) is 0 Å². The topological polar surface area (TPSA) is 102 Å². The second-order valence-corrected chi connectivity index (χ2v) is 8.52. The first-order valence-corrected chi connectivity index (χ1v) is 11.7. The Kier molecular flexibility index (Phi) is 7.60. The highest BCUT2D eigenvalue weighted by Crippen LogP contribution is 2.36. The van der Waals surface area contributed by atoms with E-state index in [2.05, 4.69) is 5.32 Å². The summed E-state index contributed by atoms with van der Waals surface area (Å²) in [7, 11) is 0. The van der Waals surface area contributed by atoms with E-state index in [4.69, 9.17) is 9.47 Å². The maximum Gasteiger partial charge on any atom is 0.330 e. The minimum absolute atomic E-state index is 0.116. The average molecular weight is 477 g/mol. The van der Waals surface area contributed by atoms with Gasteiger partial charge in [0.25, 0.3) is 5.91 Å². The first-order valence-electron chi connectivity index (χ1n) is 11.7. The van der Waals surface area contributed by atoms with Crippen LogP contribution in [0, 0.1) is 11.8 Å². The predicted molar refractivity (Wildman–Crippen MR) is 128 cm³/mol. The van der Waals surface area contributed by atoms with E-state index in [1.807, 2.05) is 49.4 Å². The third kappa shape index (κ3) is 5.59. The normalized spacial score (nSPS) is 19.7. The largest absolute Gasteiger partial charge is 0.494 e. The molecule has 0 saturated carbocycles. The van der Waals surface area contributed by atoms with Crippen LogP contribution < -0.4 is 10.1 Å². The number of carbonyl (C=O) groups excluding carboxylic acids is 4. The molecule has 0 spiro atoms. The van der Waals surface area contributed by atoms with E-state index in [0.717, 1.165) is 10.5 Å². The SMILES string of the molecule is CCOc1ccc(NC(=O)COC(=O)[C@H](Cc2ccccc2)N2C(=O)[C@H]3CC=CC[C@H]3C2=O)cc1. The average Bonchev–Trinajstić information content (AvgIpc) is 3.13. The zero-order valence-electron chi connectivity index (χ0n) is 19.5. The minimum Gasteiger partial charge on any atom is -0.494 e. The van der Waals surface area contributed by atoms with E-state index in [9.17, 15) is 19.2 Å². The van der Waals surface area contributed by atoms with Crippen LogP contribution in [0.4, 0.5) is 5.69 Å². The van der Waals surface area contributed by atoms with Gasteiger partial charge in [0.2, 0.25) is 11.8 Å². The highest BCUT2D eigenvalue weighted by Gasteiger charge is 2.51. The Bertz CT molecular complexity index is 1090. The molecule has 3 atom stereocenters. The molecule has 2 aliphatic rings. The fraction of sp³-hybridized carbons (Fsp3) is 0.333. The fourth-order valence-electron chi connectivity index (χ4n) is 4.48. The summed E-state index contributed by atoms with van der Waals surface area (Å²) >= 11 is 0. The van der Waals surface area contributed by atoms with E-state index in [1.165, 1.54) is 0 Å². The predicted octanol–water partition coefficient (Wildman–Crippen LogP) is 3.13. The van der Waals surface area contributed by atoms with E-state index in [-0.39, 0.29) is 18.2 Å². The molecule has 2 aromatic rings. The highest BCUT2D eigenvalue weighted by molar-refractivity contribution is 6.08. The summed E-state index contributed by atoms with van der Waals surface area (Å²) in [6.07, 6.45) is 4.86. The Hall–Kier alpha value is -3.94. The first-order chi connectivity index (χ1) is 17.0. The number of hydrogen-bond donors (Lipinski definition) is 1. The third-order valence-corrected chi connectivity index (χ3v) is 6.19. The third-order valence-electron chi connectivity index (χ3n) is 6.19. The van der Waals surface area contributed by atoms with Crippen LogP contribution in [0.5, 0.6) is 5.75 Å². The van der Waals surface area contributed by atoms with Gasteiger partial charge in [0, 0.05) is 12.1 Å². The van der Waals surface area contributed by atoms with Gasteiger partial charge in [-0.3, -0.25) is 19.3 Å². The molecule has 2 aromatic carbocycles. The molecule has 4 rings (SSSR count). The minimum atomic E-state index is -1.14. The van der Waals surface area contributed by atoms with E-state index < -0.39 is 36.4 Å². The number of nitrogens with one attached hydrogen (secondary N) is 1. The van der Waals surface area contributed by atoms with Crippen molar-refractivity contribution in [3.05, 3.63) is 72.3 Å². The molecule has 182 valence electrons. The van der Waals surface area contributed by atoms with Gasteiger partial charge in [-0.25, -0.2) is 4.79 Å². The van der Waals surface area contributed by atoms with Crippen LogP contribution in [0.1, 0.15) is 25.3 Å². The number of carbonyl (C=O) groups is 4. The molecule has 1 saturated heterocycles. The second-order valence-electron chi connectivity index (χ2n) is 8.52. The summed E-state index contributed by atoms with van der Waals surface area (Å²) in [5, 5.41) is 2.66. The maximum atomic E-state index is 13.1. The Morgan fingerprint density at radius 3 is 2.20 bits per heavy atom. The van der Waals surface area contributed by atoms with Gasteiger partial charge >= 0.3 is 5.97 Å². The smallest absolute Gasteiger partial charge is 0.330 e. The molecule has 1 aliphatic carbocycles. The molecule has 0 radical (unpaired) electrons. The fourth-order valence-corrected chi connectivity index (χ4v) is 4.48. The van der Waals surface area contributed by atoms with E-state index >= 15 is 0 Å². The molecular weight excluding hydrogens is 448 g/mol. The number of ether oxygens (including phenoxy) is 2. The molecule has 8 heteroatoms. The number of benzene rings is 2. The first kappa shape index (κ1) is 24.2. The Balaban J connectivity index is 1.44. The molecule has 0 aromatic heterocycles. The number of imide groups is 1. The zero-order valence-corrected chi connectivity index (χ0v) is 19.5.